The maximum atomic E-state index is 13.6. The lowest BCUT2D eigenvalue weighted by Crippen LogP contribution is -2.26. The van der Waals surface area contributed by atoms with Crippen molar-refractivity contribution in [2.75, 3.05) is 6.61 Å². The largest absolute Gasteiger partial charge is 0.493 e. The monoisotopic (exact) mass is 652 g/mol. The second-order valence-electron chi connectivity index (χ2n) is 11.5. The van der Waals surface area contributed by atoms with Crippen molar-refractivity contribution in [3.63, 3.8) is 0 Å². The zero-order valence-electron chi connectivity index (χ0n) is 23.4. The summed E-state index contributed by atoms with van der Waals surface area (Å²) in [5, 5.41) is 10.6. The second kappa shape index (κ2) is 9.76. The molecule has 40 heavy (non-hydrogen) atoms. The molecule has 2 aliphatic rings. The number of aliphatic carboxylic acids is 1. The Bertz CT molecular complexity index is 1740. The van der Waals surface area contributed by atoms with Crippen LogP contribution in [0.25, 0.3) is 33.3 Å². The maximum absolute atomic E-state index is 13.6. The Morgan fingerprint density at radius 3 is 2.45 bits per heavy atom. The Balaban J connectivity index is 1.79. The number of benzene rings is 3. The van der Waals surface area contributed by atoms with Crippen molar-refractivity contribution in [1.82, 2.24) is 9.55 Å². The molecule has 6 rings (SSSR count). The number of carboxylic acid groups (broad SMARTS) is 1. The summed E-state index contributed by atoms with van der Waals surface area (Å²) in [6, 6.07) is 12.4. The number of rotatable bonds is 7. The molecule has 1 unspecified atom stereocenters. The Kier molecular flexibility index (Phi) is 6.61. The molecule has 1 aliphatic carbocycles. The van der Waals surface area contributed by atoms with E-state index in [1.54, 1.807) is 4.57 Å². The van der Waals surface area contributed by atoms with Crippen molar-refractivity contribution in [3.05, 3.63) is 74.7 Å². The van der Waals surface area contributed by atoms with Crippen molar-refractivity contribution in [2.45, 2.75) is 69.6 Å². The van der Waals surface area contributed by atoms with E-state index in [1.807, 2.05) is 32.9 Å². The predicted octanol–water partition coefficient (Wildman–Crippen LogP) is 7.17. The molecule has 1 fully saturated rings. The second-order valence-corrected chi connectivity index (χ2v) is 14.1. The van der Waals surface area contributed by atoms with E-state index in [1.165, 1.54) is 5.56 Å². The van der Waals surface area contributed by atoms with Gasteiger partial charge in [0.1, 0.15) is 9.36 Å². The highest BCUT2D eigenvalue weighted by atomic mass is 127. The van der Waals surface area contributed by atoms with E-state index >= 15 is 0 Å². The predicted molar refractivity (Wildman–Crippen MR) is 165 cm³/mol. The highest BCUT2D eigenvalue weighted by Gasteiger charge is 2.38. The van der Waals surface area contributed by atoms with E-state index < -0.39 is 15.7 Å². The maximum Gasteiger partial charge on any atom is 0.337 e. The van der Waals surface area contributed by atoms with Crippen LogP contribution in [0.5, 0.6) is 5.75 Å². The SMILES string of the molecule is Cc1ccc(-c2c(C)c(-c3ccc4c(c3)CCO4)c(C(OC(C)(C)I)C(=O)O)c3c2[nH]c(=O)n3C2CC2)cc1C. The number of carboxylic acids is 1. The molecule has 8 heteroatoms. The van der Waals surface area contributed by atoms with Crippen molar-refractivity contribution in [3.8, 4) is 28.0 Å². The summed E-state index contributed by atoms with van der Waals surface area (Å²) in [6.45, 7) is 10.5. The standard InChI is InChI=1S/C32H33IN2O5/c1-16-6-7-20(14-17(16)2)25-18(3)24(21-8-11-23-19(15-21)12-13-39-23)26(29(30(36)37)40-32(4,5)33)28-27(25)34-31(38)35(28)22-9-10-22/h6-8,11,14-15,22,29H,9-10,12-13H2,1-5H3,(H,34,38)(H,36,37). The first-order valence-corrected chi connectivity index (χ1v) is 14.8. The number of fused-ring (bicyclic) bond motifs is 2. The van der Waals surface area contributed by atoms with E-state index in [9.17, 15) is 14.7 Å². The van der Waals surface area contributed by atoms with Crippen LogP contribution in [0.15, 0.2) is 41.2 Å². The molecule has 4 aromatic rings. The van der Waals surface area contributed by atoms with Gasteiger partial charge in [-0.1, -0.05) is 24.3 Å². The van der Waals surface area contributed by atoms with Gasteiger partial charge in [-0.3, -0.25) is 4.57 Å². The number of hydrogen-bond donors (Lipinski definition) is 2. The molecule has 0 spiro atoms. The third kappa shape index (κ3) is 4.64. The Labute approximate surface area is 246 Å². The number of H-pyrrole nitrogens is 1. The molecule has 1 aliphatic heterocycles. The molecule has 2 N–H and O–H groups in total. The van der Waals surface area contributed by atoms with E-state index in [-0.39, 0.29) is 11.7 Å². The number of nitrogens with zero attached hydrogens (tertiary/aromatic N) is 1. The van der Waals surface area contributed by atoms with Crippen LogP contribution in [0.1, 0.15) is 66.7 Å². The number of hydrogen-bond acceptors (Lipinski definition) is 4. The highest BCUT2D eigenvalue weighted by Crippen LogP contribution is 2.48. The molecule has 0 saturated heterocycles. The van der Waals surface area contributed by atoms with Crippen LogP contribution >= 0.6 is 22.6 Å². The summed E-state index contributed by atoms with van der Waals surface area (Å²) in [5.74, 6) is -0.236. The average Bonchev–Trinajstić information content (AvgIpc) is 3.50. The number of aryl methyl sites for hydroxylation is 2. The van der Waals surface area contributed by atoms with Gasteiger partial charge in [-0.15, -0.1) is 0 Å². The Hall–Kier alpha value is -3.11. The number of nitrogens with one attached hydrogen (secondary N) is 1. The summed E-state index contributed by atoms with van der Waals surface area (Å²) in [5.41, 5.74) is 9.44. The topological polar surface area (TPSA) is 93.6 Å². The van der Waals surface area contributed by atoms with E-state index in [2.05, 4.69) is 65.7 Å². The minimum Gasteiger partial charge on any atom is -0.493 e. The quantitative estimate of drug-likeness (QED) is 0.163. The molecule has 1 aromatic heterocycles. The third-order valence-electron chi connectivity index (χ3n) is 8.02. The lowest BCUT2D eigenvalue weighted by atomic mass is 9.84. The zero-order chi connectivity index (χ0) is 28.5. The van der Waals surface area contributed by atoms with Crippen LogP contribution in [0.2, 0.25) is 0 Å². The normalized spacial score (nSPS) is 15.8. The van der Waals surface area contributed by atoms with Gasteiger partial charge >= 0.3 is 11.7 Å². The first-order chi connectivity index (χ1) is 18.9. The van der Waals surface area contributed by atoms with Gasteiger partial charge in [-0.2, -0.15) is 0 Å². The number of imidazole rings is 1. The van der Waals surface area contributed by atoms with Crippen molar-refractivity contribution < 1.29 is 19.4 Å². The molecule has 2 heterocycles. The van der Waals surface area contributed by atoms with Gasteiger partial charge in [-0.25, -0.2) is 9.59 Å². The number of aromatic nitrogens is 2. The first-order valence-electron chi connectivity index (χ1n) is 13.7. The number of halogens is 1. The minimum absolute atomic E-state index is 0.0265. The van der Waals surface area contributed by atoms with E-state index in [0.717, 1.165) is 64.0 Å². The molecule has 1 saturated carbocycles. The lowest BCUT2D eigenvalue weighted by Gasteiger charge is -2.28. The average molecular weight is 653 g/mol. The van der Waals surface area contributed by atoms with Crippen molar-refractivity contribution in [2.24, 2.45) is 0 Å². The Morgan fingerprint density at radius 1 is 1.10 bits per heavy atom. The smallest absolute Gasteiger partial charge is 0.337 e. The fraction of sp³-hybridized carbons (Fsp3) is 0.375. The molecule has 3 aromatic carbocycles. The summed E-state index contributed by atoms with van der Waals surface area (Å²) >= 11 is 2.12. The van der Waals surface area contributed by atoms with E-state index in [0.29, 0.717) is 23.2 Å². The van der Waals surface area contributed by atoms with Crippen LogP contribution in [-0.2, 0) is 16.0 Å². The number of ether oxygens (including phenoxy) is 2. The van der Waals surface area contributed by atoms with Crippen LogP contribution in [0, 0.1) is 20.8 Å². The molecular weight excluding hydrogens is 619 g/mol. The Morgan fingerprint density at radius 2 is 1.80 bits per heavy atom. The first kappa shape index (κ1) is 27.1. The van der Waals surface area contributed by atoms with Crippen LogP contribution in [-0.4, -0.2) is 30.8 Å². The molecule has 7 nitrogen and oxygen atoms in total. The van der Waals surface area contributed by atoms with Gasteiger partial charge in [-0.05, 0) is 121 Å². The van der Waals surface area contributed by atoms with Gasteiger partial charge in [0.25, 0.3) is 0 Å². The molecule has 208 valence electrons. The summed E-state index contributed by atoms with van der Waals surface area (Å²) in [6.07, 6.45) is 1.25. The lowest BCUT2D eigenvalue weighted by molar-refractivity contribution is -0.154. The number of alkyl halides is 1. The molecule has 0 radical (unpaired) electrons. The summed E-state index contributed by atoms with van der Waals surface area (Å²) < 4.78 is 13.1. The van der Waals surface area contributed by atoms with Gasteiger partial charge in [0, 0.05) is 23.6 Å². The molecule has 0 bridgehead atoms. The number of aromatic amines is 1. The van der Waals surface area contributed by atoms with Crippen molar-refractivity contribution in [1.29, 1.82) is 0 Å². The molecule has 0 amide bonds. The molecule has 1 atom stereocenters. The fourth-order valence-electron chi connectivity index (χ4n) is 5.95. The van der Waals surface area contributed by atoms with Gasteiger partial charge in [0.2, 0.25) is 0 Å². The third-order valence-corrected chi connectivity index (χ3v) is 8.28. The summed E-state index contributed by atoms with van der Waals surface area (Å²) in [4.78, 5) is 29.7. The van der Waals surface area contributed by atoms with E-state index in [4.69, 9.17) is 9.47 Å². The van der Waals surface area contributed by atoms with Gasteiger partial charge in [0.15, 0.2) is 6.10 Å². The molecular formula is C32H33IN2O5. The van der Waals surface area contributed by atoms with Crippen LogP contribution in [0.4, 0.5) is 0 Å². The van der Waals surface area contributed by atoms with Crippen molar-refractivity contribution >= 4 is 39.6 Å². The highest BCUT2D eigenvalue weighted by molar-refractivity contribution is 14.1. The summed E-state index contributed by atoms with van der Waals surface area (Å²) in [7, 11) is 0. The minimum atomic E-state index is -1.29. The fourth-order valence-corrected chi connectivity index (χ4v) is 6.20. The van der Waals surface area contributed by atoms with Crippen LogP contribution < -0.4 is 10.4 Å². The van der Waals surface area contributed by atoms with Gasteiger partial charge in [0.05, 0.1) is 17.6 Å². The zero-order valence-corrected chi connectivity index (χ0v) is 25.5. The van der Waals surface area contributed by atoms with Gasteiger partial charge < -0.3 is 19.6 Å². The number of carbonyl (C=O) groups is 1. The van der Waals surface area contributed by atoms with Crippen LogP contribution in [0.3, 0.4) is 0 Å².